The Labute approximate surface area is 119 Å². The fraction of sp³-hybridized carbons (Fsp3) is 1.00. The molecular formula is C13H34F2N2S. The van der Waals surface area contributed by atoms with Crippen LogP contribution < -0.4 is 0 Å². The number of halogens is 2. The third-order valence-electron chi connectivity index (χ3n) is 3.15. The van der Waals surface area contributed by atoms with Gasteiger partial charge in [0.1, 0.15) is 0 Å². The first-order valence-electron chi connectivity index (χ1n) is 7.52. The van der Waals surface area contributed by atoms with Gasteiger partial charge < -0.3 is 13.9 Å². The summed E-state index contributed by atoms with van der Waals surface area (Å²) in [5.74, 6) is 0. The fourth-order valence-corrected chi connectivity index (χ4v) is 1.95. The predicted octanol–water partition coefficient (Wildman–Crippen LogP) is 4.17. The molecule has 0 aliphatic rings. The molecule has 0 unspecified atom stereocenters. The number of quaternary nitrogens is 1. The molecule has 116 valence electrons. The SMILES string of the molecule is CCCC[N+](C)(CCCC)CCCC.F[H-]F.N=[SH2]. The standard InChI is InChI=1S/C13H30N.F2H.H3NS/c1-5-8-11-14(4,12-9-6-2)13-10-7-3;1-3-2;1-2/h5-13H2,1-4H3;;1H,2H2/q+1;-1;. The van der Waals surface area contributed by atoms with Crippen LogP contribution in [0, 0.1) is 4.78 Å². The van der Waals surface area contributed by atoms with Gasteiger partial charge in [-0.05, 0) is 19.3 Å². The van der Waals surface area contributed by atoms with Gasteiger partial charge >= 0.3 is 0 Å². The van der Waals surface area contributed by atoms with E-state index in [0.717, 1.165) is 0 Å². The van der Waals surface area contributed by atoms with Crippen LogP contribution in [0.25, 0.3) is 0 Å². The van der Waals surface area contributed by atoms with E-state index in [9.17, 15) is 9.44 Å². The predicted molar refractivity (Wildman–Crippen MR) is 82.0 cm³/mol. The molecule has 0 spiro atoms. The molecule has 0 saturated heterocycles. The van der Waals surface area contributed by atoms with Crippen LogP contribution in [0.1, 0.15) is 59.3 Å². The van der Waals surface area contributed by atoms with E-state index < -0.39 is 0 Å². The molecule has 0 atom stereocenters. The summed E-state index contributed by atoms with van der Waals surface area (Å²) in [5, 5.41) is 0. The van der Waals surface area contributed by atoms with E-state index in [1.807, 2.05) is 0 Å². The summed E-state index contributed by atoms with van der Waals surface area (Å²) < 4.78 is 25.4. The molecule has 0 aliphatic heterocycles. The minimum Gasteiger partial charge on any atom is -0.590 e. The van der Waals surface area contributed by atoms with Crippen molar-refractivity contribution in [1.82, 2.24) is 0 Å². The molecule has 2 nitrogen and oxygen atoms in total. The first-order chi connectivity index (χ1) is 9.10. The van der Waals surface area contributed by atoms with E-state index in [0.29, 0.717) is 0 Å². The highest BCUT2D eigenvalue weighted by atomic mass is 32.1. The van der Waals surface area contributed by atoms with E-state index in [-0.39, 0.29) is 1.48 Å². The topological polar surface area (TPSA) is 23.9 Å². The number of hydrogen-bond acceptors (Lipinski definition) is 1. The number of unbranched alkanes of at least 4 members (excludes halogenated alkanes) is 3. The first-order valence-corrected chi connectivity index (χ1v) is 7.27. The van der Waals surface area contributed by atoms with Gasteiger partial charge in [0.05, 0.1) is 26.7 Å². The Balaban J connectivity index is -0.000000445. The van der Waals surface area contributed by atoms with E-state index in [4.69, 9.17) is 4.78 Å². The molecule has 0 radical (unpaired) electrons. The van der Waals surface area contributed by atoms with Gasteiger partial charge in [-0.3, -0.25) is 4.78 Å². The maximum Gasteiger partial charge on any atom is 0.180 e. The van der Waals surface area contributed by atoms with Crippen LogP contribution in [0.15, 0.2) is 0 Å². The molecule has 5 heteroatoms. The number of nitrogens with zero attached hydrogens (tertiary/aromatic N) is 1. The average molecular weight is 288 g/mol. The van der Waals surface area contributed by atoms with Gasteiger partial charge in [-0.2, -0.15) is 0 Å². The van der Waals surface area contributed by atoms with Gasteiger partial charge in [-0.15, -0.1) is 12.4 Å². The molecule has 0 amide bonds. The summed E-state index contributed by atoms with van der Waals surface area (Å²) in [5.41, 5.74) is 0. The van der Waals surface area contributed by atoms with Crippen LogP contribution in [0.3, 0.4) is 0 Å². The second-order valence-electron chi connectivity index (χ2n) is 4.85. The zero-order valence-electron chi connectivity index (χ0n) is 13.6. The van der Waals surface area contributed by atoms with Gasteiger partial charge in [0.25, 0.3) is 0 Å². The molecule has 0 fully saturated rings. The Morgan fingerprint density at radius 1 is 0.889 bits per heavy atom. The van der Waals surface area contributed by atoms with Crippen molar-refractivity contribution in [3.8, 4) is 0 Å². The van der Waals surface area contributed by atoms with Gasteiger partial charge in [-0.1, -0.05) is 40.0 Å². The highest BCUT2D eigenvalue weighted by Gasteiger charge is 2.18. The lowest BCUT2D eigenvalue weighted by molar-refractivity contribution is -0.910. The minimum atomic E-state index is -0.250. The highest BCUT2D eigenvalue weighted by Crippen LogP contribution is 2.10. The van der Waals surface area contributed by atoms with Gasteiger partial charge in [0.2, 0.25) is 0 Å². The number of rotatable bonds is 9. The molecular weight excluding hydrogens is 254 g/mol. The van der Waals surface area contributed by atoms with E-state index in [1.54, 1.807) is 0 Å². The van der Waals surface area contributed by atoms with Crippen molar-refractivity contribution < 1.29 is 13.9 Å². The van der Waals surface area contributed by atoms with Crippen molar-refractivity contribution in [1.29, 1.82) is 6.25 Å². The smallest absolute Gasteiger partial charge is 0.180 e. The summed E-state index contributed by atoms with van der Waals surface area (Å²) in [6.07, 6.45) is 8.20. The van der Waals surface area contributed by atoms with E-state index in [1.165, 1.54) is 62.6 Å². The normalized spacial score (nSPS) is 10.2. The number of hydrogen-bond donors (Lipinski definition) is 1. The van der Waals surface area contributed by atoms with Crippen molar-refractivity contribution >= 4 is 12.4 Å². The molecule has 0 aromatic carbocycles. The van der Waals surface area contributed by atoms with E-state index in [2.05, 4.69) is 40.2 Å². The summed E-state index contributed by atoms with van der Waals surface area (Å²) >= 11 is 2.22. The fourth-order valence-electron chi connectivity index (χ4n) is 1.95. The molecule has 0 aromatic rings. The summed E-state index contributed by atoms with van der Waals surface area (Å²) in [6.45, 7) is 11.0. The van der Waals surface area contributed by atoms with Crippen molar-refractivity contribution in [2.75, 3.05) is 26.7 Å². The average Bonchev–Trinajstić information content (AvgIpc) is 2.44. The first kappa shape index (κ1) is 20.3. The van der Waals surface area contributed by atoms with Gasteiger partial charge in [0, 0.05) is 0 Å². The molecule has 1 N–H and O–H groups in total. The van der Waals surface area contributed by atoms with Crippen LogP contribution >= 0.6 is 0 Å². The Morgan fingerprint density at radius 3 is 1.28 bits per heavy atom. The lowest BCUT2D eigenvalue weighted by atomic mass is 10.2. The summed E-state index contributed by atoms with van der Waals surface area (Å²) in [4.78, 5) is 0. The molecule has 0 bridgehead atoms. The molecule has 0 rings (SSSR count). The maximum atomic E-state index is 9.38. The summed E-state index contributed by atoms with van der Waals surface area (Å²) in [7, 11) is 2.45. The van der Waals surface area contributed by atoms with Crippen LogP contribution in [-0.2, 0) is 12.4 Å². The Hall–Kier alpha value is -0.0300. The minimum absolute atomic E-state index is 0.250. The molecule has 0 saturated carbocycles. The molecule has 18 heavy (non-hydrogen) atoms. The zero-order chi connectivity index (χ0) is 15.6. The van der Waals surface area contributed by atoms with Crippen molar-refractivity contribution in [2.45, 2.75) is 59.3 Å². The zero-order valence-corrected chi connectivity index (χ0v) is 13.6. The largest absolute Gasteiger partial charge is 0.590 e. The van der Waals surface area contributed by atoms with Crippen LogP contribution in [0.4, 0.5) is 9.44 Å². The van der Waals surface area contributed by atoms with Crippen molar-refractivity contribution in [3.63, 3.8) is 0 Å². The second-order valence-corrected chi connectivity index (χ2v) is 4.85. The monoisotopic (exact) mass is 288 g/mol. The maximum absolute atomic E-state index is 9.38. The van der Waals surface area contributed by atoms with E-state index >= 15 is 0 Å². The molecule has 0 aromatic heterocycles. The number of nitrogens with one attached hydrogen (secondary N) is 1. The lowest BCUT2D eigenvalue weighted by Crippen LogP contribution is -2.46. The Kier molecular flexibility index (Phi) is 21.8. The van der Waals surface area contributed by atoms with Gasteiger partial charge in [0.15, 0.2) is 1.48 Å². The van der Waals surface area contributed by atoms with Gasteiger partial charge in [-0.25, -0.2) is 0 Å². The Bertz CT molecular complexity index is 144. The molecule has 0 heterocycles. The highest BCUT2D eigenvalue weighted by molar-refractivity contribution is 7.45. The lowest BCUT2D eigenvalue weighted by Gasteiger charge is -2.34. The third-order valence-corrected chi connectivity index (χ3v) is 3.15. The van der Waals surface area contributed by atoms with Crippen molar-refractivity contribution in [3.05, 3.63) is 0 Å². The third kappa shape index (κ3) is 16.0. The van der Waals surface area contributed by atoms with Crippen LogP contribution in [0.5, 0.6) is 0 Å². The van der Waals surface area contributed by atoms with Crippen LogP contribution in [-0.4, -0.2) is 32.6 Å². The molecule has 0 aliphatic carbocycles. The van der Waals surface area contributed by atoms with Crippen LogP contribution in [0.2, 0.25) is 0 Å². The summed E-state index contributed by atoms with van der Waals surface area (Å²) in [6, 6.07) is 0. The quantitative estimate of drug-likeness (QED) is 0.616. The Morgan fingerprint density at radius 2 is 1.11 bits per heavy atom. The van der Waals surface area contributed by atoms with Crippen molar-refractivity contribution in [2.24, 2.45) is 0 Å². The second kappa shape index (κ2) is 19.3.